The summed E-state index contributed by atoms with van der Waals surface area (Å²) in [4.78, 5) is 23.1. The first-order valence-electron chi connectivity index (χ1n) is 9.88. The first kappa shape index (κ1) is 18.5. The fraction of sp³-hybridized carbons (Fsp3) is 0.450. The molecule has 2 heterocycles. The Kier molecular flexibility index (Phi) is 5.04. The summed E-state index contributed by atoms with van der Waals surface area (Å²) in [5.74, 6) is 0.880. The highest BCUT2D eigenvalue weighted by atomic mass is 16.1. The zero-order valence-corrected chi connectivity index (χ0v) is 16.1. The van der Waals surface area contributed by atoms with Crippen LogP contribution in [0.25, 0.3) is 0 Å². The van der Waals surface area contributed by atoms with Crippen LogP contribution in [-0.4, -0.2) is 41.6 Å². The quantitative estimate of drug-likeness (QED) is 0.550. The Morgan fingerprint density at radius 2 is 2.21 bits per heavy atom. The van der Waals surface area contributed by atoms with Crippen LogP contribution in [0.15, 0.2) is 24.4 Å². The second-order valence-corrected chi connectivity index (χ2v) is 7.40. The highest BCUT2D eigenvalue weighted by Gasteiger charge is 2.31. The smallest absolute Gasteiger partial charge is 0.254 e. The van der Waals surface area contributed by atoms with E-state index in [-0.39, 0.29) is 11.6 Å². The summed E-state index contributed by atoms with van der Waals surface area (Å²) < 4.78 is 0. The lowest BCUT2D eigenvalue weighted by molar-refractivity contribution is 0.100. The van der Waals surface area contributed by atoms with Crippen molar-refractivity contribution in [2.24, 2.45) is 17.4 Å². The number of benzene rings is 1. The number of fused-ring (bicyclic) bond motifs is 1. The maximum Gasteiger partial charge on any atom is 0.254 e. The van der Waals surface area contributed by atoms with E-state index < -0.39 is 5.91 Å². The Bertz CT molecular complexity index is 881. The van der Waals surface area contributed by atoms with Gasteiger partial charge in [0.2, 0.25) is 5.95 Å². The third-order valence-corrected chi connectivity index (χ3v) is 5.57. The first-order valence-corrected chi connectivity index (χ1v) is 9.88. The normalized spacial score (nSPS) is 16.6. The highest BCUT2D eigenvalue weighted by molar-refractivity contribution is 5.98. The van der Waals surface area contributed by atoms with E-state index in [1.165, 1.54) is 30.3 Å². The number of hydrogen-bond acceptors (Lipinski definition) is 7. The van der Waals surface area contributed by atoms with Gasteiger partial charge in [0.25, 0.3) is 5.91 Å². The van der Waals surface area contributed by atoms with Crippen LogP contribution in [0.4, 0.5) is 23.1 Å². The van der Waals surface area contributed by atoms with Crippen molar-refractivity contribution in [2.75, 3.05) is 35.2 Å². The van der Waals surface area contributed by atoms with Gasteiger partial charge in [-0.05, 0) is 44.2 Å². The van der Waals surface area contributed by atoms with Crippen molar-refractivity contribution in [1.29, 1.82) is 0 Å². The Balaban J connectivity index is 1.64. The van der Waals surface area contributed by atoms with Gasteiger partial charge in [-0.1, -0.05) is 6.07 Å². The number of carbonyl (C=O) groups is 1. The van der Waals surface area contributed by atoms with Crippen molar-refractivity contribution in [3.63, 3.8) is 0 Å². The summed E-state index contributed by atoms with van der Waals surface area (Å²) in [6.07, 6.45) is 4.76. The molecular formula is C20H27N7O. The zero-order valence-electron chi connectivity index (χ0n) is 16.1. The minimum Gasteiger partial charge on any atom is -0.371 e. The van der Waals surface area contributed by atoms with E-state index in [4.69, 9.17) is 11.5 Å². The molecule has 0 radical (unpaired) electrons. The molecule has 1 aliphatic carbocycles. The molecule has 1 aromatic heterocycles. The van der Waals surface area contributed by atoms with Crippen LogP contribution in [0.1, 0.15) is 35.7 Å². The molecular weight excluding hydrogens is 354 g/mol. The molecule has 4 rings (SSSR count). The molecule has 8 nitrogen and oxygen atoms in total. The van der Waals surface area contributed by atoms with Crippen molar-refractivity contribution in [3.05, 3.63) is 35.5 Å². The maximum absolute atomic E-state index is 11.9. The summed E-state index contributed by atoms with van der Waals surface area (Å²) in [5, 5.41) is 6.63. The van der Waals surface area contributed by atoms with Gasteiger partial charge in [-0.25, -0.2) is 4.98 Å². The second-order valence-electron chi connectivity index (χ2n) is 7.40. The molecule has 0 unspecified atom stereocenters. The van der Waals surface area contributed by atoms with Crippen molar-refractivity contribution in [2.45, 2.75) is 32.2 Å². The van der Waals surface area contributed by atoms with Gasteiger partial charge in [-0.2, -0.15) is 4.98 Å². The van der Waals surface area contributed by atoms with Gasteiger partial charge in [0, 0.05) is 48.8 Å². The molecule has 148 valence electrons. The van der Waals surface area contributed by atoms with E-state index in [9.17, 15) is 4.79 Å². The SMILES string of the molecule is CCN1CCc2c(Nc3nc(N[C@@H](CN)C4CC4)ncc3C(N)=O)cccc21. The fourth-order valence-corrected chi connectivity index (χ4v) is 3.83. The number of nitrogens with two attached hydrogens (primary N) is 2. The molecule has 2 aliphatic rings. The molecule has 2 aromatic rings. The number of carbonyl (C=O) groups excluding carboxylic acids is 1. The molecule has 1 fully saturated rings. The van der Waals surface area contributed by atoms with Gasteiger partial charge in [-0.15, -0.1) is 0 Å². The summed E-state index contributed by atoms with van der Waals surface area (Å²) >= 11 is 0. The number of nitrogens with zero attached hydrogens (tertiary/aromatic N) is 3. The van der Waals surface area contributed by atoms with E-state index >= 15 is 0 Å². The number of amides is 1. The van der Waals surface area contributed by atoms with E-state index in [0.29, 0.717) is 24.2 Å². The highest BCUT2D eigenvalue weighted by Crippen LogP contribution is 2.36. The summed E-state index contributed by atoms with van der Waals surface area (Å²) in [7, 11) is 0. The lowest BCUT2D eigenvalue weighted by atomic mass is 10.1. The van der Waals surface area contributed by atoms with Crippen molar-refractivity contribution >= 4 is 29.0 Å². The minimum absolute atomic E-state index is 0.145. The lowest BCUT2D eigenvalue weighted by Crippen LogP contribution is -2.31. The Labute approximate surface area is 164 Å². The number of nitrogens with one attached hydrogen (secondary N) is 2. The molecule has 1 amide bonds. The summed E-state index contributed by atoms with van der Waals surface area (Å²) in [6.45, 7) is 4.62. The van der Waals surface area contributed by atoms with Crippen molar-refractivity contribution in [3.8, 4) is 0 Å². The molecule has 6 N–H and O–H groups in total. The van der Waals surface area contributed by atoms with Crippen LogP contribution in [-0.2, 0) is 6.42 Å². The fourth-order valence-electron chi connectivity index (χ4n) is 3.83. The van der Waals surface area contributed by atoms with Gasteiger partial charge in [0.05, 0.1) is 0 Å². The van der Waals surface area contributed by atoms with Crippen molar-refractivity contribution < 1.29 is 4.79 Å². The van der Waals surface area contributed by atoms with Crippen LogP contribution >= 0.6 is 0 Å². The van der Waals surface area contributed by atoms with Crippen LogP contribution in [0.2, 0.25) is 0 Å². The summed E-state index contributed by atoms with van der Waals surface area (Å²) in [5.41, 5.74) is 15.1. The number of anilines is 4. The second kappa shape index (κ2) is 7.63. The average molecular weight is 381 g/mol. The molecule has 1 aliphatic heterocycles. The summed E-state index contributed by atoms with van der Waals surface area (Å²) in [6, 6.07) is 6.29. The monoisotopic (exact) mass is 381 g/mol. The molecule has 28 heavy (non-hydrogen) atoms. The number of primary amides is 1. The molecule has 1 atom stereocenters. The van der Waals surface area contributed by atoms with Gasteiger partial charge < -0.3 is 27.0 Å². The number of aromatic nitrogens is 2. The van der Waals surface area contributed by atoms with Crippen LogP contribution < -0.4 is 27.0 Å². The van der Waals surface area contributed by atoms with Gasteiger partial charge in [0.15, 0.2) is 0 Å². The van der Waals surface area contributed by atoms with E-state index in [1.807, 2.05) is 12.1 Å². The predicted octanol–water partition coefficient (Wildman–Crippen LogP) is 1.85. The Morgan fingerprint density at radius 1 is 1.39 bits per heavy atom. The molecule has 1 aromatic carbocycles. The third-order valence-electron chi connectivity index (χ3n) is 5.57. The van der Waals surface area contributed by atoms with E-state index in [1.54, 1.807) is 0 Å². The standard InChI is InChI=1S/C20H27N7O/c1-2-27-9-8-13-15(4-3-5-17(13)27)24-19-14(18(22)28)11-23-20(26-19)25-16(10-21)12-6-7-12/h3-5,11-12,16H,2,6-10,21H2,1H3,(H2,22,28)(H2,23,24,25,26)/t16-/m0/s1. The zero-order chi connectivity index (χ0) is 19.7. The number of likely N-dealkylation sites (N-methyl/N-ethyl adjacent to an activating group) is 1. The molecule has 8 heteroatoms. The third kappa shape index (κ3) is 3.60. The molecule has 0 saturated heterocycles. The average Bonchev–Trinajstić information content (AvgIpc) is 3.45. The maximum atomic E-state index is 11.9. The topological polar surface area (TPSA) is 122 Å². The van der Waals surface area contributed by atoms with Crippen LogP contribution in [0.5, 0.6) is 0 Å². The Morgan fingerprint density at radius 3 is 2.89 bits per heavy atom. The van der Waals surface area contributed by atoms with Crippen molar-refractivity contribution in [1.82, 2.24) is 9.97 Å². The minimum atomic E-state index is -0.561. The van der Waals surface area contributed by atoms with Gasteiger partial charge in [0.1, 0.15) is 11.4 Å². The van der Waals surface area contributed by atoms with Gasteiger partial charge in [-0.3, -0.25) is 4.79 Å². The molecule has 0 bridgehead atoms. The number of hydrogen-bond donors (Lipinski definition) is 4. The molecule has 1 saturated carbocycles. The van der Waals surface area contributed by atoms with E-state index in [0.717, 1.165) is 25.2 Å². The predicted molar refractivity (Wildman–Crippen MR) is 111 cm³/mol. The first-order chi connectivity index (χ1) is 13.6. The number of rotatable bonds is 8. The van der Waals surface area contributed by atoms with Crippen LogP contribution in [0, 0.1) is 5.92 Å². The Hall–Kier alpha value is -2.87. The van der Waals surface area contributed by atoms with Crippen LogP contribution in [0.3, 0.4) is 0 Å². The van der Waals surface area contributed by atoms with Gasteiger partial charge >= 0.3 is 0 Å². The largest absolute Gasteiger partial charge is 0.371 e. The molecule has 0 spiro atoms. The van der Waals surface area contributed by atoms with E-state index in [2.05, 4.69) is 38.5 Å². The lowest BCUT2D eigenvalue weighted by Gasteiger charge is -2.19.